The number of hydrogen-bond donors (Lipinski definition) is 6. The molecule has 244 valence electrons. The number of rotatable bonds is 16. The zero-order chi connectivity index (χ0) is 32.5. The summed E-state index contributed by atoms with van der Waals surface area (Å²) in [6.45, 7) is 2.73. The van der Waals surface area contributed by atoms with E-state index >= 15 is 0 Å². The predicted octanol–water partition coefficient (Wildman–Crippen LogP) is 5.88. The van der Waals surface area contributed by atoms with Crippen molar-refractivity contribution in [1.29, 1.82) is 0 Å². The van der Waals surface area contributed by atoms with E-state index in [1.54, 1.807) is 0 Å². The van der Waals surface area contributed by atoms with E-state index in [0.717, 1.165) is 72.5 Å². The lowest BCUT2D eigenvalue weighted by Gasteiger charge is -2.36. The molecule has 9 heteroatoms. The fraction of sp³-hybridized carbons (Fsp3) is 0.432. The van der Waals surface area contributed by atoms with Crippen molar-refractivity contribution in [2.24, 2.45) is 22.4 Å². The summed E-state index contributed by atoms with van der Waals surface area (Å²) in [6.07, 6.45) is 16.7. The zero-order valence-electron chi connectivity index (χ0n) is 26.8. The summed E-state index contributed by atoms with van der Waals surface area (Å²) < 4.78 is 0. The number of carboxylic acid groups (broad SMARTS) is 1. The number of anilines is 1. The summed E-state index contributed by atoms with van der Waals surface area (Å²) in [5.41, 5.74) is 16.8. The lowest BCUT2D eigenvalue weighted by Crippen LogP contribution is -2.48. The zero-order valence-corrected chi connectivity index (χ0v) is 26.8. The number of carboxylic acids is 1. The first-order chi connectivity index (χ1) is 22.3. The van der Waals surface area contributed by atoms with Gasteiger partial charge in [0, 0.05) is 31.3 Å². The van der Waals surface area contributed by atoms with Crippen molar-refractivity contribution in [3.8, 4) is 0 Å². The van der Waals surface area contributed by atoms with Crippen molar-refractivity contribution in [1.82, 2.24) is 10.3 Å². The van der Waals surface area contributed by atoms with Gasteiger partial charge in [0.05, 0.1) is 12.1 Å². The van der Waals surface area contributed by atoms with Crippen LogP contribution < -0.4 is 22.1 Å². The second-order valence-electron chi connectivity index (χ2n) is 12.7. The number of guanidine groups is 1. The highest BCUT2D eigenvalue weighted by atomic mass is 16.4. The van der Waals surface area contributed by atoms with Crippen molar-refractivity contribution >= 4 is 40.9 Å². The van der Waals surface area contributed by atoms with Crippen molar-refractivity contribution in [2.75, 3.05) is 11.9 Å². The highest BCUT2D eigenvalue weighted by Gasteiger charge is 2.33. The lowest BCUT2D eigenvalue weighted by atomic mass is 9.72. The number of aromatic amines is 1. The molecule has 1 aliphatic carbocycles. The maximum absolute atomic E-state index is 12.2. The smallest absolute Gasteiger partial charge is 0.328 e. The minimum absolute atomic E-state index is 0.134. The van der Waals surface area contributed by atoms with Crippen LogP contribution in [0.15, 0.2) is 71.4 Å². The van der Waals surface area contributed by atoms with Crippen LogP contribution >= 0.6 is 0 Å². The van der Waals surface area contributed by atoms with Crippen LogP contribution in [-0.2, 0) is 16.0 Å². The predicted molar refractivity (Wildman–Crippen MR) is 187 cm³/mol. The van der Waals surface area contributed by atoms with Gasteiger partial charge in [0.1, 0.15) is 12.1 Å². The van der Waals surface area contributed by atoms with E-state index in [9.17, 15) is 14.7 Å². The fourth-order valence-corrected chi connectivity index (χ4v) is 7.09. The third-order valence-corrected chi connectivity index (χ3v) is 9.44. The van der Waals surface area contributed by atoms with E-state index < -0.39 is 5.97 Å². The molecule has 5 atom stereocenters. The van der Waals surface area contributed by atoms with Crippen LogP contribution in [0.2, 0.25) is 0 Å². The van der Waals surface area contributed by atoms with E-state index in [2.05, 4.69) is 64.0 Å². The third-order valence-electron chi connectivity index (χ3n) is 9.44. The molecule has 2 aromatic carbocycles. The molecular formula is C37H48N6O3. The summed E-state index contributed by atoms with van der Waals surface area (Å²) >= 11 is 0. The molecule has 5 rings (SSSR count). The van der Waals surface area contributed by atoms with Gasteiger partial charge < -0.3 is 37.0 Å². The number of fused-ring (bicyclic) bond motifs is 2. The molecule has 8 N–H and O–H groups in total. The van der Waals surface area contributed by atoms with Crippen LogP contribution in [0.4, 0.5) is 5.82 Å². The van der Waals surface area contributed by atoms with Crippen LogP contribution in [0.25, 0.3) is 16.8 Å². The first-order valence-corrected chi connectivity index (χ1v) is 16.7. The largest absolute Gasteiger partial charge is 0.478 e. The molecule has 0 saturated carbocycles. The Morgan fingerprint density at radius 1 is 1.17 bits per heavy atom. The number of allylic oxidation sites excluding steroid dienone is 1. The molecule has 0 bridgehead atoms. The Labute approximate surface area is 271 Å². The van der Waals surface area contributed by atoms with Gasteiger partial charge in [-0.2, -0.15) is 0 Å². The van der Waals surface area contributed by atoms with Crippen molar-refractivity contribution < 1.29 is 14.7 Å². The number of carbonyl (C=O) groups is 2. The van der Waals surface area contributed by atoms with Gasteiger partial charge >= 0.3 is 5.97 Å². The number of benzene rings is 2. The Morgan fingerprint density at radius 2 is 2.02 bits per heavy atom. The SMILES string of the molecule is CCCC[C@H](N)CCC[C@@H]1c2cc3cc(CC=O)ccc3cc2C=C[C@H]1C[C@@H](Nc1ccc[nH]1)/C(=C/C(=O)O)[C@H]1CCN=C(N)N1. The van der Waals surface area contributed by atoms with Gasteiger partial charge in [-0.25, -0.2) is 4.79 Å². The van der Waals surface area contributed by atoms with Crippen LogP contribution in [0.5, 0.6) is 0 Å². The summed E-state index contributed by atoms with van der Waals surface area (Å²) in [7, 11) is 0. The van der Waals surface area contributed by atoms with Crippen LogP contribution in [0.1, 0.15) is 80.9 Å². The Bertz CT molecular complexity index is 1580. The molecule has 1 aromatic heterocycles. The summed E-state index contributed by atoms with van der Waals surface area (Å²) in [5, 5.41) is 19.1. The quantitative estimate of drug-likeness (QED) is 0.0857. The average Bonchev–Trinajstić information content (AvgIpc) is 3.55. The number of aliphatic imine (C=N–C) groups is 1. The number of unbranched alkanes of at least 4 members (excludes halogenated alkanes) is 1. The van der Waals surface area contributed by atoms with Gasteiger partial charge in [-0.05, 0) is 95.2 Å². The standard InChI is InChI=1S/C37H48N6O3/c1-2-3-6-29(38)7-4-8-30-27(13-12-26-20-25-11-10-24(15-18-44)19-28(25)21-31(26)30)22-34(42-35-9-5-16-40-35)32(23-36(45)46)33-14-17-41-37(39)43-33/h5,9-13,16,18-21,23,27,29-30,33-34,40,42H,2-4,6-8,14-15,17,22,38H2,1H3,(H,45,46)(H3,39,41,43)/b32-23+/t27-,29-,30-,33+,34+/m0/s1. The second kappa shape index (κ2) is 15.8. The number of aliphatic carboxylic acids is 1. The molecule has 0 saturated heterocycles. The molecule has 0 fully saturated rings. The maximum Gasteiger partial charge on any atom is 0.328 e. The van der Waals surface area contributed by atoms with E-state index in [-0.39, 0.29) is 30.0 Å². The van der Waals surface area contributed by atoms with Gasteiger partial charge in [-0.1, -0.05) is 62.6 Å². The molecule has 1 aliphatic heterocycles. The minimum atomic E-state index is -0.990. The summed E-state index contributed by atoms with van der Waals surface area (Å²) in [4.78, 5) is 31.0. The highest BCUT2D eigenvalue weighted by molar-refractivity contribution is 5.88. The fourth-order valence-electron chi connectivity index (χ4n) is 7.09. The molecule has 0 radical (unpaired) electrons. The molecule has 46 heavy (non-hydrogen) atoms. The monoisotopic (exact) mass is 624 g/mol. The molecule has 3 aromatic rings. The topological polar surface area (TPSA) is 159 Å². The number of nitrogens with zero attached hydrogens (tertiary/aromatic N) is 1. The third kappa shape index (κ3) is 8.46. The van der Waals surface area contributed by atoms with E-state index in [0.29, 0.717) is 31.8 Å². The molecule has 2 heterocycles. The molecule has 0 amide bonds. The Hall–Kier alpha value is -4.37. The number of carbonyl (C=O) groups excluding carboxylic acids is 1. The average molecular weight is 625 g/mol. The van der Waals surface area contributed by atoms with Crippen molar-refractivity contribution in [3.05, 3.63) is 83.1 Å². The highest BCUT2D eigenvalue weighted by Crippen LogP contribution is 2.43. The van der Waals surface area contributed by atoms with Crippen LogP contribution in [0.3, 0.4) is 0 Å². The number of aldehydes is 1. The summed E-state index contributed by atoms with van der Waals surface area (Å²) in [5.74, 6) is 0.509. The van der Waals surface area contributed by atoms with Crippen LogP contribution in [-0.4, -0.2) is 53.0 Å². The first-order valence-electron chi connectivity index (χ1n) is 16.7. The molecule has 0 spiro atoms. The van der Waals surface area contributed by atoms with Gasteiger partial charge in [0.15, 0.2) is 5.96 Å². The molecular weight excluding hydrogens is 576 g/mol. The van der Waals surface area contributed by atoms with E-state index in [1.807, 2.05) is 24.4 Å². The van der Waals surface area contributed by atoms with Gasteiger partial charge in [0.2, 0.25) is 0 Å². The Kier molecular flexibility index (Phi) is 11.3. The normalized spacial score (nSPS) is 20.8. The molecule has 2 aliphatic rings. The Balaban J connectivity index is 1.50. The second-order valence-corrected chi connectivity index (χ2v) is 12.7. The van der Waals surface area contributed by atoms with Crippen LogP contribution in [0, 0.1) is 5.92 Å². The lowest BCUT2D eigenvalue weighted by molar-refractivity contribution is -0.131. The number of nitrogens with two attached hydrogens (primary N) is 2. The first kappa shape index (κ1) is 33.0. The number of hydrogen-bond acceptors (Lipinski definition) is 7. The van der Waals surface area contributed by atoms with Crippen molar-refractivity contribution in [3.63, 3.8) is 0 Å². The minimum Gasteiger partial charge on any atom is -0.478 e. The summed E-state index contributed by atoms with van der Waals surface area (Å²) in [6, 6.07) is 14.3. The van der Waals surface area contributed by atoms with Crippen molar-refractivity contribution in [2.45, 2.75) is 88.8 Å². The van der Waals surface area contributed by atoms with Gasteiger partial charge in [0.25, 0.3) is 0 Å². The number of H-pyrrole nitrogens is 1. The van der Waals surface area contributed by atoms with Gasteiger partial charge in [-0.3, -0.25) is 4.99 Å². The Morgan fingerprint density at radius 3 is 2.76 bits per heavy atom. The maximum atomic E-state index is 12.2. The number of aromatic nitrogens is 1. The molecule has 0 unspecified atom stereocenters. The van der Waals surface area contributed by atoms with E-state index in [4.69, 9.17) is 11.5 Å². The molecule has 9 nitrogen and oxygen atoms in total. The number of nitrogens with one attached hydrogen (secondary N) is 3. The van der Waals surface area contributed by atoms with Gasteiger partial charge in [-0.15, -0.1) is 0 Å². The van der Waals surface area contributed by atoms with E-state index in [1.165, 1.54) is 17.2 Å².